The molecule has 0 aliphatic heterocycles. The van der Waals surface area contributed by atoms with E-state index in [0.717, 1.165) is 29.8 Å². The van der Waals surface area contributed by atoms with Crippen molar-refractivity contribution in [3.8, 4) is 0 Å². The molecular weight excluding hydrogens is 159 g/mol. The molecule has 0 spiro atoms. The van der Waals surface area contributed by atoms with Crippen molar-refractivity contribution in [2.45, 2.75) is 0 Å². The molecule has 0 aliphatic carbocycles. The summed E-state index contributed by atoms with van der Waals surface area (Å²) in [6.45, 7) is 9.31. The Morgan fingerprint density at radius 1 is 1.25 bits per heavy atom. The Bertz CT molecular complexity index is 70.6. The molecule has 0 aromatic heterocycles. The van der Waals surface area contributed by atoms with E-state index in [1.165, 1.54) is 0 Å². The summed E-state index contributed by atoms with van der Waals surface area (Å²) in [5.41, 5.74) is 0. The van der Waals surface area contributed by atoms with Crippen LogP contribution in [0.1, 0.15) is 0 Å². The first-order valence-corrected chi connectivity index (χ1v) is 4.59. The van der Waals surface area contributed by atoms with E-state index in [1.807, 2.05) is 12.2 Å². The van der Waals surface area contributed by atoms with Gasteiger partial charge in [0.1, 0.15) is 0 Å². The van der Waals surface area contributed by atoms with Crippen LogP contribution in [0.4, 0.5) is 0 Å². The van der Waals surface area contributed by atoms with Gasteiger partial charge in [-0.25, -0.2) is 0 Å². The molecule has 0 amide bonds. The van der Waals surface area contributed by atoms with Gasteiger partial charge in [-0.1, -0.05) is 0 Å². The second kappa shape index (κ2) is 5.13. The fourth-order valence-corrected chi connectivity index (χ4v) is 1.60. The minimum absolute atomic E-state index is 0.773. The Labute approximate surface area is 59.5 Å². The molecule has 0 saturated heterocycles. The zero-order valence-corrected chi connectivity index (χ0v) is 9.63. The van der Waals surface area contributed by atoms with Gasteiger partial charge in [0, 0.05) is 0 Å². The van der Waals surface area contributed by atoms with E-state index in [0.29, 0.717) is 0 Å². The molecule has 0 saturated carbocycles. The van der Waals surface area contributed by atoms with Gasteiger partial charge >= 0.3 is 59.0 Å². The number of nitrogens with zero attached hydrogens (tertiary/aromatic N) is 1. The zero-order chi connectivity index (χ0) is 6.41. The third kappa shape index (κ3) is 4.15. The minimum atomic E-state index is 0.773. The monoisotopic (exact) mass is 173 g/mol. The third-order valence-corrected chi connectivity index (χ3v) is 2.41. The van der Waals surface area contributed by atoms with E-state index in [-0.39, 0.29) is 0 Å². The van der Waals surface area contributed by atoms with E-state index in [4.69, 9.17) is 0 Å². The average molecular weight is 172 g/mol. The normalized spacial score (nSPS) is 9.62. The van der Waals surface area contributed by atoms with Gasteiger partial charge < -0.3 is 0 Å². The maximum absolute atomic E-state index is 3.64. The number of rotatable bonds is 4. The van der Waals surface area contributed by atoms with Gasteiger partial charge in [0.05, 0.1) is 0 Å². The van der Waals surface area contributed by atoms with Crippen molar-refractivity contribution >= 4 is 16.7 Å². The SMILES string of the molecule is C=CC[N]([GeH3])CC=C. The van der Waals surface area contributed by atoms with Gasteiger partial charge in [-0.2, -0.15) is 0 Å². The van der Waals surface area contributed by atoms with Gasteiger partial charge in [-0.3, -0.25) is 0 Å². The fraction of sp³-hybridized carbons (Fsp3) is 0.333. The van der Waals surface area contributed by atoms with Gasteiger partial charge in [-0.15, -0.1) is 0 Å². The fourth-order valence-electron chi connectivity index (χ4n) is 0.515. The van der Waals surface area contributed by atoms with E-state index in [2.05, 4.69) is 17.0 Å². The van der Waals surface area contributed by atoms with Crippen molar-refractivity contribution < 1.29 is 0 Å². The number of hydrogen-bond acceptors (Lipinski definition) is 1. The van der Waals surface area contributed by atoms with Gasteiger partial charge in [0.2, 0.25) is 0 Å². The van der Waals surface area contributed by atoms with Crippen LogP contribution in [0.3, 0.4) is 0 Å². The second-order valence-electron chi connectivity index (χ2n) is 1.80. The average Bonchev–Trinajstić information content (AvgIpc) is 1.68. The first-order valence-electron chi connectivity index (χ1n) is 2.71. The Balaban J connectivity index is 3.16. The zero-order valence-electron chi connectivity index (χ0n) is 5.43. The molecule has 0 bridgehead atoms. The summed E-state index contributed by atoms with van der Waals surface area (Å²) >= 11 is 0.773. The van der Waals surface area contributed by atoms with Crippen LogP contribution < -0.4 is 0 Å². The first kappa shape index (κ1) is 7.98. The van der Waals surface area contributed by atoms with Crippen molar-refractivity contribution in [3.63, 3.8) is 0 Å². The molecule has 0 aromatic carbocycles. The molecule has 0 radical (unpaired) electrons. The van der Waals surface area contributed by atoms with E-state index in [1.54, 1.807) is 0 Å². The third-order valence-electron chi connectivity index (χ3n) is 0.882. The molecular formula is C6H13GeN. The van der Waals surface area contributed by atoms with Crippen molar-refractivity contribution in [3.05, 3.63) is 25.3 Å². The molecule has 46 valence electrons. The van der Waals surface area contributed by atoms with Crippen molar-refractivity contribution in [2.75, 3.05) is 13.1 Å². The van der Waals surface area contributed by atoms with Gasteiger partial charge in [0.25, 0.3) is 0 Å². The summed E-state index contributed by atoms with van der Waals surface area (Å²) in [5, 5.41) is 0. The summed E-state index contributed by atoms with van der Waals surface area (Å²) in [6.07, 6.45) is 3.85. The molecule has 0 heterocycles. The van der Waals surface area contributed by atoms with Crippen molar-refractivity contribution in [1.82, 2.24) is 3.86 Å². The number of hydrogen-bond donors (Lipinski definition) is 0. The van der Waals surface area contributed by atoms with Gasteiger partial charge in [0.15, 0.2) is 0 Å². The Kier molecular flexibility index (Phi) is 5.12. The molecule has 0 aromatic rings. The first-order chi connectivity index (χ1) is 3.81. The standard InChI is InChI=1S/C6H13GeN/c1-3-5-8(7)6-4-2/h3-4H,1-2,5-6H2,7H3. The van der Waals surface area contributed by atoms with Crippen LogP contribution in [0.2, 0.25) is 0 Å². The van der Waals surface area contributed by atoms with E-state index in [9.17, 15) is 0 Å². The van der Waals surface area contributed by atoms with Crippen molar-refractivity contribution in [1.29, 1.82) is 0 Å². The Morgan fingerprint density at radius 2 is 1.62 bits per heavy atom. The molecule has 0 rings (SSSR count). The topological polar surface area (TPSA) is 3.24 Å². The molecule has 0 fully saturated rings. The van der Waals surface area contributed by atoms with Crippen LogP contribution in [-0.4, -0.2) is 33.7 Å². The van der Waals surface area contributed by atoms with Crippen LogP contribution in [0, 0.1) is 0 Å². The van der Waals surface area contributed by atoms with Crippen LogP contribution in [0.5, 0.6) is 0 Å². The van der Waals surface area contributed by atoms with Crippen LogP contribution in [0.15, 0.2) is 25.3 Å². The Morgan fingerprint density at radius 3 is 1.88 bits per heavy atom. The van der Waals surface area contributed by atoms with Gasteiger partial charge in [-0.05, 0) is 0 Å². The van der Waals surface area contributed by atoms with Crippen LogP contribution in [-0.2, 0) is 0 Å². The molecule has 0 N–H and O–H groups in total. The summed E-state index contributed by atoms with van der Waals surface area (Å²) in [4.78, 5) is 0. The van der Waals surface area contributed by atoms with Crippen LogP contribution in [0.25, 0.3) is 0 Å². The molecule has 2 heteroatoms. The summed E-state index contributed by atoms with van der Waals surface area (Å²) in [6, 6.07) is 0. The second-order valence-corrected chi connectivity index (χ2v) is 4.45. The molecule has 0 unspecified atom stereocenters. The van der Waals surface area contributed by atoms with Crippen LogP contribution >= 0.6 is 0 Å². The maximum atomic E-state index is 3.64. The molecule has 0 atom stereocenters. The summed E-state index contributed by atoms with van der Waals surface area (Å²) in [5.74, 6) is 0. The molecule has 1 nitrogen and oxygen atoms in total. The predicted octanol–water partition coefficient (Wildman–Crippen LogP) is -0.0592. The van der Waals surface area contributed by atoms with Crippen molar-refractivity contribution in [2.24, 2.45) is 0 Å². The quantitative estimate of drug-likeness (QED) is 0.424. The summed E-state index contributed by atoms with van der Waals surface area (Å²) < 4.78 is 2.31. The predicted molar refractivity (Wildman–Crippen MR) is 41.9 cm³/mol. The van der Waals surface area contributed by atoms with E-state index < -0.39 is 0 Å². The Hall–Kier alpha value is -0.0171. The molecule has 0 aliphatic rings. The molecule has 8 heavy (non-hydrogen) atoms. The van der Waals surface area contributed by atoms with E-state index >= 15 is 0 Å². The summed E-state index contributed by atoms with van der Waals surface area (Å²) in [7, 11) is 0.